The van der Waals surface area contributed by atoms with Crippen molar-refractivity contribution in [2.24, 2.45) is 0 Å². The number of carboxylic acid groups (broad SMARTS) is 1. The van der Waals surface area contributed by atoms with Crippen molar-refractivity contribution in [2.45, 2.75) is 32.2 Å². The summed E-state index contributed by atoms with van der Waals surface area (Å²) >= 11 is 2.17. The highest BCUT2D eigenvalue weighted by Crippen LogP contribution is 2.16. The average Bonchev–Trinajstić information content (AvgIpc) is 2.38. The predicted octanol–water partition coefficient (Wildman–Crippen LogP) is 3.06. The number of carbonyl (C=O) groups is 2. The number of benzene rings is 1. The molecule has 6 heteroatoms. The molecule has 1 rings (SSSR count). The quantitative estimate of drug-likeness (QED) is 0.692. The molecule has 0 atom stereocenters. The number of urea groups is 1. The summed E-state index contributed by atoms with van der Waals surface area (Å²) in [4.78, 5) is 23.1. The lowest BCUT2D eigenvalue weighted by Gasteiger charge is -2.28. The normalized spacial score (nSPS) is 10.9. The van der Waals surface area contributed by atoms with Crippen molar-refractivity contribution in [3.8, 4) is 0 Å². The van der Waals surface area contributed by atoms with Gasteiger partial charge < -0.3 is 15.7 Å². The molecule has 0 radical (unpaired) electrons. The lowest BCUT2D eigenvalue weighted by atomic mass is 9.93. The second-order valence-corrected chi connectivity index (χ2v) is 5.43. The number of aliphatic carboxylic acids is 1. The minimum atomic E-state index is -1.21. The van der Waals surface area contributed by atoms with Gasteiger partial charge in [-0.3, -0.25) is 0 Å². The number of nitrogens with one attached hydrogen (secondary N) is 2. The minimum Gasteiger partial charge on any atom is -0.480 e. The number of hydrogen-bond donors (Lipinski definition) is 3. The van der Waals surface area contributed by atoms with Crippen LogP contribution in [0.2, 0.25) is 0 Å². The Morgan fingerprint density at radius 2 is 1.74 bits per heavy atom. The Bertz CT molecular complexity index is 455. The second kappa shape index (κ2) is 6.74. The van der Waals surface area contributed by atoms with Crippen LogP contribution < -0.4 is 10.6 Å². The van der Waals surface area contributed by atoms with Crippen molar-refractivity contribution in [1.82, 2.24) is 5.32 Å². The molecule has 19 heavy (non-hydrogen) atoms. The van der Waals surface area contributed by atoms with E-state index in [2.05, 4.69) is 33.2 Å². The maximum absolute atomic E-state index is 11.8. The van der Waals surface area contributed by atoms with E-state index in [9.17, 15) is 14.7 Å². The van der Waals surface area contributed by atoms with E-state index >= 15 is 0 Å². The van der Waals surface area contributed by atoms with Gasteiger partial charge in [-0.05, 0) is 59.7 Å². The fourth-order valence-electron chi connectivity index (χ4n) is 1.70. The van der Waals surface area contributed by atoms with Crippen molar-refractivity contribution in [3.05, 3.63) is 27.8 Å². The van der Waals surface area contributed by atoms with E-state index < -0.39 is 17.5 Å². The van der Waals surface area contributed by atoms with Gasteiger partial charge in [-0.1, -0.05) is 13.8 Å². The standard InChI is InChI=1S/C13H17IN2O3/c1-3-13(4-2,11(17)18)16-12(19)15-10-7-5-9(14)6-8-10/h5-8H,3-4H2,1-2H3,(H,17,18)(H2,15,16,19). The van der Waals surface area contributed by atoms with E-state index in [1.165, 1.54) is 0 Å². The van der Waals surface area contributed by atoms with Gasteiger partial charge in [0, 0.05) is 9.26 Å². The summed E-state index contributed by atoms with van der Waals surface area (Å²) in [6.07, 6.45) is 0.665. The van der Waals surface area contributed by atoms with Crippen LogP contribution >= 0.6 is 22.6 Å². The van der Waals surface area contributed by atoms with Crippen LogP contribution in [0.25, 0.3) is 0 Å². The van der Waals surface area contributed by atoms with Crippen LogP contribution in [0.4, 0.5) is 10.5 Å². The Hall–Kier alpha value is -1.31. The Balaban J connectivity index is 2.73. The van der Waals surface area contributed by atoms with Gasteiger partial charge in [-0.25, -0.2) is 9.59 Å². The van der Waals surface area contributed by atoms with Crippen molar-refractivity contribution < 1.29 is 14.7 Å². The molecule has 2 amide bonds. The molecule has 0 spiro atoms. The molecule has 0 aliphatic rings. The van der Waals surface area contributed by atoms with Crippen LogP contribution in [0.15, 0.2) is 24.3 Å². The van der Waals surface area contributed by atoms with Crippen LogP contribution in [0.5, 0.6) is 0 Å². The van der Waals surface area contributed by atoms with Crippen LogP contribution in [-0.4, -0.2) is 22.6 Å². The van der Waals surface area contributed by atoms with Gasteiger partial charge in [0.15, 0.2) is 0 Å². The van der Waals surface area contributed by atoms with E-state index in [1.807, 2.05) is 12.1 Å². The summed E-state index contributed by atoms with van der Waals surface area (Å²) < 4.78 is 1.06. The monoisotopic (exact) mass is 376 g/mol. The first-order valence-electron chi connectivity index (χ1n) is 6.01. The molecule has 0 saturated carbocycles. The predicted molar refractivity (Wildman–Crippen MR) is 82.3 cm³/mol. The highest BCUT2D eigenvalue weighted by Gasteiger charge is 2.36. The maximum Gasteiger partial charge on any atom is 0.329 e. The van der Waals surface area contributed by atoms with E-state index in [-0.39, 0.29) is 0 Å². The van der Waals surface area contributed by atoms with Gasteiger partial charge in [-0.2, -0.15) is 0 Å². The molecule has 104 valence electrons. The Morgan fingerprint density at radius 1 is 1.21 bits per heavy atom. The summed E-state index contributed by atoms with van der Waals surface area (Å²) in [6.45, 7) is 3.48. The molecule has 0 unspecified atom stereocenters. The smallest absolute Gasteiger partial charge is 0.329 e. The highest BCUT2D eigenvalue weighted by atomic mass is 127. The number of rotatable bonds is 5. The molecule has 0 heterocycles. The van der Waals surface area contributed by atoms with Crippen LogP contribution in [0, 0.1) is 3.57 Å². The maximum atomic E-state index is 11.8. The van der Waals surface area contributed by atoms with Crippen LogP contribution in [-0.2, 0) is 4.79 Å². The minimum absolute atomic E-state index is 0.332. The number of hydrogen-bond acceptors (Lipinski definition) is 2. The van der Waals surface area contributed by atoms with Gasteiger partial charge >= 0.3 is 12.0 Å². The van der Waals surface area contributed by atoms with Crippen LogP contribution in [0.1, 0.15) is 26.7 Å². The molecule has 3 N–H and O–H groups in total. The first-order valence-corrected chi connectivity index (χ1v) is 7.09. The van der Waals surface area contributed by atoms with E-state index in [0.717, 1.165) is 3.57 Å². The Labute approximate surface area is 125 Å². The molecule has 0 aliphatic heterocycles. The summed E-state index contributed by atoms with van der Waals surface area (Å²) in [5.41, 5.74) is -0.586. The molecule has 5 nitrogen and oxygen atoms in total. The first kappa shape index (κ1) is 15.7. The van der Waals surface area contributed by atoms with Crippen molar-refractivity contribution in [3.63, 3.8) is 0 Å². The SMILES string of the molecule is CCC(CC)(NC(=O)Nc1ccc(I)cc1)C(=O)O. The number of halogens is 1. The van der Waals surface area contributed by atoms with E-state index in [0.29, 0.717) is 18.5 Å². The topological polar surface area (TPSA) is 78.4 Å². The van der Waals surface area contributed by atoms with E-state index in [4.69, 9.17) is 0 Å². The third kappa shape index (κ3) is 4.09. The largest absolute Gasteiger partial charge is 0.480 e. The Morgan fingerprint density at radius 3 is 2.16 bits per heavy atom. The highest BCUT2D eigenvalue weighted by molar-refractivity contribution is 14.1. The zero-order chi connectivity index (χ0) is 14.5. The fraction of sp³-hybridized carbons (Fsp3) is 0.385. The first-order chi connectivity index (χ1) is 8.93. The van der Waals surface area contributed by atoms with Crippen molar-refractivity contribution in [1.29, 1.82) is 0 Å². The second-order valence-electron chi connectivity index (χ2n) is 4.18. The third-order valence-corrected chi connectivity index (χ3v) is 3.79. The number of anilines is 1. The van der Waals surface area contributed by atoms with Crippen molar-refractivity contribution in [2.75, 3.05) is 5.32 Å². The summed E-state index contributed by atoms with van der Waals surface area (Å²) in [7, 11) is 0. The molecule has 0 saturated heterocycles. The van der Waals surface area contributed by atoms with Gasteiger partial charge in [0.1, 0.15) is 5.54 Å². The zero-order valence-corrected chi connectivity index (χ0v) is 13.0. The Kier molecular flexibility index (Phi) is 5.59. The molecule has 0 aromatic heterocycles. The van der Waals surface area contributed by atoms with Gasteiger partial charge in [0.2, 0.25) is 0 Å². The molecule has 0 bridgehead atoms. The number of carboxylic acids is 1. The molecule has 0 fully saturated rings. The number of carbonyl (C=O) groups excluding carboxylic acids is 1. The summed E-state index contributed by atoms with van der Waals surface area (Å²) in [6, 6.07) is 6.75. The fourth-order valence-corrected chi connectivity index (χ4v) is 2.06. The summed E-state index contributed by atoms with van der Waals surface area (Å²) in [5, 5.41) is 14.4. The third-order valence-electron chi connectivity index (χ3n) is 3.07. The zero-order valence-electron chi connectivity index (χ0n) is 10.9. The van der Waals surface area contributed by atoms with E-state index in [1.54, 1.807) is 26.0 Å². The lowest BCUT2D eigenvalue weighted by Crippen LogP contribution is -2.54. The van der Waals surface area contributed by atoms with Crippen molar-refractivity contribution >= 4 is 40.3 Å². The van der Waals surface area contributed by atoms with Gasteiger partial charge in [0.05, 0.1) is 0 Å². The molecule has 1 aromatic rings. The molecular formula is C13H17IN2O3. The molecule has 1 aromatic carbocycles. The molecule has 0 aliphatic carbocycles. The lowest BCUT2D eigenvalue weighted by molar-refractivity contribution is -0.144. The average molecular weight is 376 g/mol. The van der Waals surface area contributed by atoms with Gasteiger partial charge in [0.25, 0.3) is 0 Å². The summed E-state index contributed by atoms with van der Waals surface area (Å²) in [5.74, 6) is -1.02. The van der Waals surface area contributed by atoms with Crippen LogP contribution in [0.3, 0.4) is 0 Å². The molecular weight excluding hydrogens is 359 g/mol. The number of amides is 2. The van der Waals surface area contributed by atoms with Gasteiger partial charge in [-0.15, -0.1) is 0 Å².